The Bertz CT molecular complexity index is 685. The van der Waals surface area contributed by atoms with E-state index in [1.54, 1.807) is 0 Å². The minimum Gasteiger partial charge on any atom is -0.550 e. The van der Waals surface area contributed by atoms with E-state index in [1.807, 2.05) is 0 Å². The van der Waals surface area contributed by atoms with E-state index < -0.39 is 5.97 Å². The minimum atomic E-state index is -1.08. The Hall–Kier alpha value is -1.76. The number of nitrogens with zero attached hydrogens (tertiary/aromatic N) is 6. The van der Waals surface area contributed by atoms with Crippen LogP contribution in [0.2, 0.25) is 0 Å². The number of ether oxygens (including phenoxy) is 9. The molecule has 0 unspecified atom stereocenters. The quantitative estimate of drug-likeness (QED) is 0.0224. The summed E-state index contributed by atoms with van der Waals surface area (Å²) in [4.78, 5) is 24.6. The topological polar surface area (TPSA) is 238 Å². The zero-order chi connectivity index (χ0) is 32.5. The first kappa shape index (κ1) is 49.1. The molecule has 19 heteroatoms. The van der Waals surface area contributed by atoms with Crippen molar-refractivity contribution >= 4 is 11.9 Å². The van der Waals surface area contributed by atoms with E-state index in [4.69, 9.17) is 63.6 Å². The van der Waals surface area contributed by atoms with Crippen molar-refractivity contribution in [1.29, 1.82) is 0 Å². The molecule has 0 aromatic carbocycles. The molecule has 0 spiro atoms. The van der Waals surface area contributed by atoms with Gasteiger partial charge in [0.2, 0.25) is 0 Å². The zero-order valence-electron chi connectivity index (χ0n) is 26.7. The number of hydrogen-bond donors (Lipinski definition) is 0. The molecular weight excluding hydrogens is 599 g/mol. The van der Waals surface area contributed by atoms with Crippen molar-refractivity contribution in [3.8, 4) is 0 Å². The average Bonchev–Trinajstić information content (AvgIpc) is 2.97. The van der Waals surface area contributed by atoms with Crippen LogP contribution >= 0.6 is 0 Å². The molecule has 0 saturated heterocycles. The van der Waals surface area contributed by atoms with E-state index in [1.165, 1.54) is 6.92 Å². The number of hydrogen-bond acceptors (Lipinski definition) is 14. The molecular formula is C25H49N6NaO12. The van der Waals surface area contributed by atoms with Crippen molar-refractivity contribution in [1.82, 2.24) is 0 Å². The summed E-state index contributed by atoms with van der Waals surface area (Å²) in [6, 6.07) is 0. The van der Waals surface area contributed by atoms with Crippen molar-refractivity contribution in [2.24, 2.45) is 10.2 Å². The van der Waals surface area contributed by atoms with Gasteiger partial charge in [0.25, 0.3) is 0 Å². The van der Waals surface area contributed by atoms with Gasteiger partial charge in [0.1, 0.15) is 6.61 Å². The number of carboxylic acids is 1. The Kier molecular flexibility index (Phi) is 53.8. The van der Waals surface area contributed by atoms with Crippen LogP contribution in [0.4, 0.5) is 0 Å². The Morgan fingerprint density at radius 1 is 0.545 bits per heavy atom. The first-order valence-electron chi connectivity index (χ1n) is 13.9. The second-order valence-corrected chi connectivity index (χ2v) is 7.64. The van der Waals surface area contributed by atoms with Crippen LogP contribution in [0, 0.1) is 0 Å². The van der Waals surface area contributed by atoms with Gasteiger partial charge in [0, 0.05) is 42.4 Å². The van der Waals surface area contributed by atoms with Crippen LogP contribution in [0.3, 0.4) is 0 Å². The molecule has 0 radical (unpaired) electrons. The molecule has 0 N–H and O–H groups in total. The van der Waals surface area contributed by atoms with Crippen LogP contribution in [0.1, 0.15) is 27.2 Å². The molecule has 252 valence electrons. The van der Waals surface area contributed by atoms with Crippen molar-refractivity contribution < 1.29 is 86.9 Å². The molecule has 0 fully saturated rings. The van der Waals surface area contributed by atoms with Gasteiger partial charge in [0.15, 0.2) is 0 Å². The zero-order valence-corrected chi connectivity index (χ0v) is 28.7. The van der Waals surface area contributed by atoms with E-state index in [0.29, 0.717) is 112 Å². The van der Waals surface area contributed by atoms with E-state index in [-0.39, 0.29) is 42.1 Å². The second kappa shape index (κ2) is 48.2. The number of aliphatic carboxylic acids is 1. The molecule has 0 aromatic heterocycles. The third kappa shape index (κ3) is 63.5. The summed E-state index contributed by atoms with van der Waals surface area (Å²) >= 11 is 0. The molecule has 0 saturated carbocycles. The van der Waals surface area contributed by atoms with Gasteiger partial charge in [-0.3, -0.25) is 4.79 Å². The van der Waals surface area contributed by atoms with E-state index in [0.717, 1.165) is 20.0 Å². The SMILES string of the molecule is CC(=O)OCCOCCOCCOCCOCCN=[N+]=[N-].CC(=O)[O-].CCCOCCOCCOCCOCCN=[N+]=[N-].[Na+]. The molecule has 0 heterocycles. The normalized spacial score (nSPS) is 9.61. The third-order valence-electron chi connectivity index (χ3n) is 3.91. The van der Waals surface area contributed by atoms with Crippen molar-refractivity contribution in [2.45, 2.75) is 27.2 Å². The molecule has 18 nitrogen and oxygen atoms in total. The third-order valence-corrected chi connectivity index (χ3v) is 3.91. The van der Waals surface area contributed by atoms with Gasteiger partial charge in [-0.25, -0.2) is 0 Å². The van der Waals surface area contributed by atoms with Gasteiger partial charge in [-0.15, -0.1) is 0 Å². The Labute approximate surface area is 281 Å². The van der Waals surface area contributed by atoms with Gasteiger partial charge in [0.05, 0.1) is 99.1 Å². The number of carbonyl (C=O) groups is 2. The van der Waals surface area contributed by atoms with Crippen LogP contribution in [0.15, 0.2) is 10.2 Å². The first-order chi connectivity index (χ1) is 20.9. The van der Waals surface area contributed by atoms with Gasteiger partial charge < -0.3 is 52.5 Å². The maximum Gasteiger partial charge on any atom is 1.00 e. The maximum atomic E-state index is 10.4. The van der Waals surface area contributed by atoms with Gasteiger partial charge in [-0.2, -0.15) is 0 Å². The average molecular weight is 649 g/mol. The van der Waals surface area contributed by atoms with Crippen molar-refractivity contribution in [2.75, 3.05) is 125 Å². The number of azide groups is 2. The van der Waals surface area contributed by atoms with E-state index in [9.17, 15) is 4.79 Å². The summed E-state index contributed by atoms with van der Waals surface area (Å²) in [6.07, 6.45) is 1.03. The molecule has 0 bridgehead atoms. The summed E-state index contributed by atoms with van der Waals surface area (Å²) in [6.45, 7) is 13.5. The molecule has 0 amide bonds. The summed E-state index contributed by atoms with van der Waals surface area (Å²) < 4.78 is 46.5. The first-order valence-corrected chi connectivity index (χ1v) is 13.9. The molecule has 0 atom stereocenters. The van der Waals surface area contributed by atoms with Gasteiger partial charge in [-0.05, 0) is 24.4 Å². The number of carbonyl (C=O) groups excluding carboxylic acids is 2. The predicted molar refractivity (Wildman–Crippen MR) is 152 cm³/mol. The van der Waals surface area contributed by atoms with Crippen LogP contribution in [-0.4, -0.2) is 137 Å². The Morgan fingerprint density at radius 3 is 1.05 bits per heavy atom. The fourth-order valence-corrected chi connectivity index (χ4v) is 2.21. The van der Waals surface area contributed by atoms with Crippen LogP contribution < -0.4 is 34.7 Å². The fraction of sp³-hybridized carbons (Fsp3) is 0.920. The predicted octanol–water partition coefficient (Wildman–Crippen LogP) is -1.54. The molecule has 0 aromatic rings. The summed E-state index contributed by atoms with van der Waals surface area (Å²) in [7, 11) is 0. The number of esters is 1. The Morgan fingerprint density at radius 2 is 0.795 bits per heavy atom. The van der Waals surface area contributed by atoms with Crippen LogP contribution in [-0.2, 0) is 52.2 Å². The van der Waals surface area contributed by atoms with Gasteiger partial charge >= 0.3 is 35.5 Å². The summed E-state index contributed by atoms with van der Waals surface area (Å²) in [5.74, 6) is -1.39. The molecule has 0 rings (SSSR count). The van der Waals surface area contributed by atoms with Gasteiger partial charge in [-0.1, -0.05) is 17.2 Å². The van der Waals surface area contributed by atoms with Crippen molar-refractivity contribution in [3.63, 3.8) is 0 Å². The Balaban J connectivity index is -0.000000320. The van der Waals surface area contributed by atoms with Crippen LogP contribution in [0.25, 0.3) is 20.9 Å². The smallest absolute Gasteiger partial charge is 0.550 e. The molecule has 0 aliphatic heterocycles. The molecule has 0 aliphatic rings. The number of rotatable bonds is 29. The summed E-state index contributed by atoms with van der Waals surface area (Å²) in [5, 5.41) is 15.6. The maximum absolute atomic E-state index is 10.4. The molecule has 0 aliphatic carbocycles. The van der Waals surface area contributed by atoms with E-state index in [2.05, 4.69) is 27.0 Å². The standard InChI is InChI=1S/C12H23N3O6.C11H23N3O4.C2H4O2.Na/c1-12(16)21-11-10-20-9-8-19-7-6-18-5-4-17-3-2-14-15-13;1-2-4-15-6-8-17-10-11-18-9-7-16-5-3-13-14-12;1-2(3)4;/h2-11H2,1H3;2-11H2,1H3;1H3,(H,3,4);/q;;;+1/p-1. The molecule has 44 heavy (non-hydrogen) atoms. The fourth-order valence-electron chi connectivity index (χ4n) is 2.21. The summed E-state index contributed by atoms with van der Waals surface area (Å²) in [5.41, 5.74) is 16.0. The monoisotopic (exact) mass is 648 g/mol. The van der Waals surface area contributed by atoms with Crippen molar-refractivity contribution in [3.05, 3.63) is 20.9 Å². The van der Waals surface area contributed by atoms with E-state index >= 15 is 0 Å². The minimum absolute atomic E-state index is 0. The second-order valence-electron chi connectivity index (χ2n) is 7.64. The largest absolute Gasteiger partial charge is 1.00 e. The number of carboxylic acid groups (broad SMARTS) is 1. The van der Waals surface area contributed by atoms with Crippen LogP contribution in [0.5, 0.6) is 0 Å².